The maximum absolute atomic E-state index is 13.8. The second-order valence-corrected chi connectivity index (χ2v) is 11.4. The summed E-state index contributed by atoms with van der Waals surface area (Å²) in [5, 5.41) is 11.9. The van der Waals surface area contributed by atoms with Crippen molar-refractivity contribution in [1.29, 1.82) is 0 Å². The van der Waals surface area contributed by atoms with Gasteiger partial charge in [0.25, 0.3) is 0 Å². The SMILES string of the molecule is O=C(C1CC(Cl)NC(c2ccc3ccccc3c2)C1)C1CC(Cl)NC(c2ccc3ccccc3c2)C1. The van der Waals surface area contributed by atoms with Gasteiger partial charge in [0, 0.05) is 23.9 Å². The van der Waals surface area contributed by atoms with Crippen LogP contribution in [0.25, 0.3) is 21.5 Å². The summed E-state index contributed by atoms with van der Waals surface area (Å²) in [5.74, 6) is 0.162. The summed E-state index contributed by atoms with van der Waals surface area (Å²) in [5.41, 5.74) is 1.92. The van der Waals surface area contributed by atoms with Crippen LogP contribution in [-0.4, -0.2) is 16.8 Å². The van der Waals surface area contributed by atoms with Gasteiger partial charge in [-0.05, 0) is 70.5 Å². The van der Waals surface area contributed by atoms with E-state index in [1.165, 1.54) is 32.7 Å². The lowest BCUT2D eigenvalue weighted by atomic mass is 9.76. The Morgan fingerprint density at radius 2 is 1.00 bits per heavy atom. The average Bonchev–Trinajstić information content (AvgIpc) is 2.91. The van der Waals surface area contributed by atoms with Gasteiger partial charge in [-0.1, -0.05) is 72.8 Å². The number of nitrogens with one attached hydrogen (secondary N) is 2. The number of carbonyl (C=O) groups is 1. The molecule has 6 atom stereocenters. The van der Waals surface area contributed by atoms with Gasteiger partial charge in [-0.25, -0.2) is 0 Å². The lowest BCUT2D eigenvalue weighted by molar-refractivity contribution is -0.129. The van der Waals surface area contributed by atoms with Crippen LogP contribution in [0.3, 0.4) is 0 Å². The number of fused-ring (bicyclic) bond motifs is 2. The first-order valence-corrected chi connectivity index (χ1v) is 13.7. The number of carbonyl (C=O) groups excluding carboxylic acids is 1. The molecule has 4 aromatic carbocycles. The molecule has 4 aromatic rings. The highest BCUT2D eigenvalue weighted by atomic mass is 35.5. The molecule has 0 spiro atoms. The van der Waals surface area contributed by atoms with E-state index >= 15 is 0 Å². The predicted molar refractivity (Wildman–Crippen MR) is 149 cm³/mol. The Morgan fingerprint density at radius 3 is 1.44 bits per heavy atom. The Bertz CT molecular complexity index is 1300. The number of ketones is 1. The Hall–Kier alpha value is -2.43. The van der Waals surface area contributed by atoms with E-state index in [9.17, 15) is 4.79 Å². The quantitative estimate of drug-likeness (QED) is 0.218. The monoisotopic (exact) mass is 516 g/mol. The molecule has 5 heteroatoms. The molecule has 0 aliphatic carbocycles. The standard InChI is InChI=1S/C31H30Cl2N2O/c32-29-17-25(15-27(34-29)23-11-9-19-5-1-3-7-21(19)13-23)31(36)26-16-28(35-30(33)18-26)24-12-10-20-6-2-4-8-22(20)14-24/h1-14,25-30,34-35H,15-18H2. The molecule has 2 N–H and O–H groups in total. The normalized spacial score (nSPS) is 28.8. The lowest BCUT2D eigenvalue weighted by Crippen LogP contribution is -2.45. The largest absolute Gasteiger partial charge is 0.299 e. The van der Waals surface area contributed by atoms with E-state index < -0.39 is 0 Å². The zero-order valence-electron chi connectivity index (χ0n) is 20.0. The average molecular weight is 518 g/mol. The number of benzene rings is 4. The molecule has 0 amide bonds. The third-order valence-corrected chi connectivity index (χ3v) is 8.55. The van der Waals surface area contributed by atoms with Crippen LogP contribution in [0.4, 0.5) is 0 Å². The maximum Gasteiger partial charge on any atom is 0.139 e. The van der Waals surface area contributed by atoms with E-state index in [0.717, 1.165) is 12.8 Å². The van der Waals surface area contributed by atoms with Crippen molar-refractivity contribution in [2.75, 3.05) is 0 Å². The fourth-order valence-corrected chi connectivity index (χ4v) is 6.82. The van der Waals surface area contributed by atoms with E-state index in [1.807, 2.05) is 0 Å². The number of hydrogen-bond acceptors (Lipinski definition) is 3. The van der Waals surface area contributed by atoms with Crippen LogP contribution in [-0.2, 0) is 4.79 Å². The van der Waals surface area contributed by atoms with Crippen LogP contribution in [0.1, 0.15) is 48.9 Å². The minimum atomic E-state index is -0.228. The summed E-state index contributed by atoms with van der Waals surface area (Å²) in [7, 11) is 0. The van der Waals surface area contributed by atoms with Crippen molar-refractivity contribution >= 4 is 50.5 Å². The number of piperidine rings is 2. The topological polar surface area (TPSA) is 41.1 Å². The van der Waals surface area contributed by atoms with Gasteiger partial charge in [0.15, 0.2) is 0 Å². The van der Waals surface area contributed by atoms with Crippen molar-refractivity contribution in [1.82, 2.24) is 10.6 Å². The van der Waals surface area contributed by atoms with Crippen LogP contribution in [0.5, 0.6) is 0 Å². The minimum Gasteiger partial charge on any atom is -0.299 e. The summed E-state index contributed by atoms with van der Waals surface area (Å²) in [6.45, 7) is 0. The Morgan fingerprint density at radius 1 is 0.583 bits per heavy atom. The molecule has 0 saturated carbocycles. The molecule has 0 aromatic heterocycles. The molecular weight excluding hydrogens is 487 g/mol. The molecule has 2 saturated heterocycles. The van der Waals surface area contributed by atoms with Crippen molar-refractivity contribution in [3.05, 3.63) is 96.1 Å². The summed E-state index contributed by atoms with van der Waals surface area (Å²) in [4.78, 5) is 13.8. The molecule has 0 bridgehead atoms. The van der Waals surface area contributed by atoms with E-state index in [1.54, 1.807) is 0 Å². The van der Waals surface area contributed by atoms with Gasteiger partial charge < -0.3 is 0 Å². The van der Waals surface area contributed by atoms with Crippen LogP contribution in [0.15, 0.2) is 84.9 Å². The summed E-state index contributed by atoms with van der Waals surface area (Å²) < 4.78 is 0. The third kappa shape index (κ3) is 4.90. The Labute approximate surface area is 222 Å². The third-order valence-electron chi connectivity index (χ3n) is 7.94. The summed E-state index contributed by atoms with van der Waals surface area (Å²) in [6.07, 6.45) is 2.83. The van der Waals surface area contributed by atoms with Crippen LogP contribution in [0, 0.1) is 11.8 Å². The van der Waals surface area contributed by atoms with Crippen molar-refractivity contribution in [2.24, 2.45) is 11.8 Å². The van der Waals surface area contributed by atoms with E-state index in [4.69, 9.17) is 23.2 Å². The van der Waals surface area contributed by atoms with Crippen LogP contribution < -0.4 is 10.6 Å². The molecule has 2 aliphatic rings. The molecule has 2 fully saturated rings. The molecule has 0 radical (unpaired) electrons. The minimum absolute atomic E-state index is 0.0598. The summed E-state index contributed by atoms with van der Waals surface area (Å²) in [6, 6.07) is 29.9. The Balaban J connectivity index is 1.20. The molecule has 6 rings (SSSR count). The van der Waals surface area contributed by atoms with Crippen molar-refractivity contribution in [3.63, 3.8) is 0 Å². The fraction of sp³-hybridized carbons (Fsp3) is 0.323. The first kappa shape index (κ1) is 23.9. The predicted octanol–water partition coefficient (Wildman–Crippen LogP) is 7.47. The van der Waals surface area contributed by atoms with Gasteiger partial charge in [-0.2, -0.15) is 0 Å². The van der Waals surface area contributed by atoms with Crippen molar-refractivity contribution in [2.45, 2.75) is 48.8 Å². The van der Waals surface area contributed by atoms with Gasteiger partial charge >= 0.3 is 0 Å². The second kappa shape index (κ2) is 10.1. The molecule has 2 aliphatic heterocycles. The zero-order chi connectivity index (χ0) is 24.6. The first-order chi connectivity index (χ1) is 17.5. The van der Waals surface area contributed by atoms with Crippen LogP contribution in [0.2, 0.25) is 0 Å². The van der Waals surface area contributed by atoms with Gasteiger partial charge in [-0.3, -0.25) is 15.4 Å². The highest BCUT2D eigenvalue weighted by Gasteiger charge is 2.39. The maximum atomic E-state index is 13.8. The molecule has 184 valence electrons. The van der Waals surface area contributed by atoms with Gasteiger partial charge in [-0.15, -0.1) is 23.2 Å². The van der Waals surface area contributed by atoms with E-state index in [0.29, 0.717) is 18.6 Å². The van der Waals surface area contributed by atoms with Gasteiger partial charge in [0.1, 0.15) is 5.78 Å². The van der Waals surface area contributed by atoms with Gasteiger partial charge in [0.2, 0.25) is 0 Å². The second-order valence-electron chi connectivity index (χ2n) is 10.3. The number of hydrogen-bond donors (Lipinski definition) is 2. The fourth-order valence-electron chi connectivity index (χ4n) is 6.08. The number of Topliss-reactive ketones (excluding diaryl/α,β-unsaturated/α-hetero) is 1. The molecular formula is C31H30Cl2N2O. The number of rotatable bonds is 4. The Kier molecular flexibility index (Phi) is 6.74. The molecule has 6 unspecified atom stereocenters. The zero-order valence-corrected chi connectivity index (χ0v) is 21.6. The van der Waals surface area contributed by atoms with Crippen LogP contribution >= 0.6 is 23.2 Å². The molecule has 3 nitrogen and oxygen atoms in total. The molecule has 36 heavy (non-hydrogen) atoms. The highest BCUT2D eigenvalue weighted by Crippen LogP contribution is 2.39. The van der Waals surface area contributed by atoms with E-state index in [2.05, 4.69) is 95.6 Å². The van der Waals surface area contributed by atoms with Crippen molar-refractivity contribution < 1.29 is 4.79 Å². The van der Waals surface area contributed by atoms with E-state index in [-0.39, 0.29) is 34.9 Å². The smallest absolute Gasteiger partial charge is 0.139 e. The lowest BCUT2D eigenvalue weighted by Gasteiger charge is -2.38. The number of alkyl halides is 2. The number of halogens is 2. The summed E-state index contributed by atoms with van der Waals surface area (Å²) >= 11 is 13.3. The van der Waals surface area contributed by atoms with Crippen molar-refractivity contribution in [3.8, 4) is 0 Å². The molecule has 2 heterocycles. The highest BCUT2D eigenvalue weighted by molar-refractivity contribution is 6.21. The first-order valence-electron chi connectivity index (χ1n) is 12.8. The van der Waals surface area contributed by atoms with Gasteiger partial charge in [0.05, 0.1) is 11.0 Å².